The van der Waals surface area contributed by atoms with Gasteiger partial charge in [0.1, 0.15) is 86.9 Å². The van der Waals surface area contributed by atoms with E-state index in [2.05, 4.69) is 44.0 Å². The summed E-state index contributed by atoms with van der Waals surface area (Å²) in [6, 6.07) is 38.4. The van der Waals surface area contributed by atoms with Gasteiger partial charge in [-0.2, -0.15) is 0 Å². The van der Waals surface area contributed by atoms with Gasteiger partial charge < -0.3 is 60.1 Å². The zero-order valence-corrected chi connectivity index (χ0v) is 84.8. The van der Waals surface area contributed by atoms with Crippen LogP contribution in [0.25, 0.3) is 0 Å². The molecule has 1 aromatic heterocycles. The van der Waals surface area contributed by atoms with Crippen LogP contribution in [-0.2, 0) is 30.4 Å². The second-order valence-electron chi connectivity index (χ2n) is 41.8. The number of aromatic nitrogens is 1. The van der Waals surface area contributed by atoms with E-state index in [-0.39, 0.29) is 225 Å². The quantitative estimate of drug-likeness (QED) is 0.0159. The number of carbonyl (C=O) groups excluding carboxylic acids is 10. The van der Waals surface area contributed by atoms with E-state index in [1.807, 2.05) is 6.92 Å². The van der Waals surface area contributed by atoms with Gasteiger partial charge in [0.2, 0.25) is 5.76 Å². The van der Waals surface area contributed by atoms with Crippen molar-refractivity contribution in [2.45, 2.75) is 209 Å². The number of hydrogen-bond acceptors (Lipinski definition) is 17. The molecule has 23 nitrogen and oxygen atoms in total. The van der Waals surface area contributed by atoms with Crippen molar-refractivity contribution in [3.63, 3.8) is 0 Å². The SMILES string of the molecule is CCc1cc(C(=O)NC23CCC(NC(=O)COc4ccc(Cl)c(F)c4)(CC2)C(C)C3)on1.Cc1cc(C(=O)CC23CC(NC(=O)COc4ccc(Cl)c(F)c4)(C2)C3)ccc1F.Cc1cc(F)cc(C(=O)CC23CC(NC(=O)COc4ccc(Cl)c(F)c4)(C2)C3)c1.Cc1ccc(C(=O)CC23CC(NC(=O)COc4ccc(Cl)c(F)c4)(C2)C3)c(F)c1.O=C(COc1ccc(Cl)c(F)c1)NC12CC(CC(=O)c3c(F)cccc3F)(C1)C2. The minimum absolute atomic E-state index is 0.000764. The molecule has 1 heterocycles. The number of carbonyl (C=O) groups is 10. The summed E-state index contributed by atoms with van der Waals surface area (Å²) in [6.07, 6.45) is 13.8. The molecule has 10 bridgehead atoms. The maximum absolute atomic E-state index is 14.0. The van der Waals surface area contributed by atoms with Crippen LogP contribution >= 0.6 is 58.0 Å². The van der Waals surface area contributed by atoms with Gasteiger partial charge in [0.05, 0.1) is 41.9 Å². The summed E-state index contributed by atoms with van der Waals surface area (Å²) in [4.78, 5) is 124. The van der Waals surface area contributed by atoms with Crippen molar-refractivity contribution in [2.24, 2.45) is 27.6 Å². The number of rotatable bonds is 35. The molecular weight excluding hydrogens is 2040 g/mol. The monoisotopic (exact) mass is 2140 g/mol. The lowest BCUT2D eigenvalue weighted by atomic mass is 9.38. The minimum Gasteiger partial charge on any atom is -0.484 e. The maximum Gasteiger partial charge on any atom is 0.290 e. The molecule has 0 aliphatic heterocycles. The number of aryl methyl sites for hydroxylation is 4. The molecule has 0 saturated heterocycles. The van der Waals surface area contributed by atoms with Crippen molar-refractivity contribution in [3.05, 3.63) is 304 Å². The molecule has 6 N–H and O–H groups in total. The Morgan fingerprint density at radius 2 is 0.716 bits per heavy atom. The number of nitrogens with one attached hydrogen (secondary N) is 6. The molecular formula is C110H104Cl5F10N7O16. The molecule has 1 unspecified atom stereocenters. The molecule has 1 atom stereocenters. The molecule has 0 spiro atoms. The summed E-state index contributed by atoms with van der Waals surface area (Å²) < 4.78 is 167. The average Bonchev–Trinajstić information content (AvgIpc) is 0.790. The number of ether oxygens (including phenoxy) is 5. The van der Waals surface area contributed by atoms with Crippen LogP contribution in [0.5, 0.6) is 28.7 Å². The van der Waals surface area contributed by atoms with Crippen molar-refractivity contribution in [1.82, 2.24) is 37.1 Å². The van der Waals surface area contributed by atoms with Crippen LogP contribution < -0.4 is 55.6 Å². The second kappa shape index (κ2) is 43.2. The van der Waals surface area contributed by atoms with E-state index < -0.39 is 69.2 Å². The highest BCUT2D eigenvalue weighted by Gasteiger charge is 2.72. The number of Topliss-reactive ketones (excluding diaryl/α,β-unsaturated/α-hetero) is 4. The first-order valence-electron chi connectivity index (χ1n) is 48.1. The van der Waals surface area contributed by atoms with Crippen molar-refractivity contribution >= 4 is 117 Å². The van der Waals surface area contributed by atoms with Crippen LogP contribution in [0.2, 0.25) is 25.1 Å². The fraction of sp³-hybridized carbons (Fsp3) is 0.391. The summed E-state index contributed by atoms with van der Waals surface area (Å²) in [5.41, 5.74) is 0.677. The third-order valence-electron chi connectivity index (χ3n) is 29.8. The van der Waals surface area contributed by atoms with Crippen molar-refractivity contribution in [1.29, 1.82) is 0 Å². The minimum atomic E-state index is -0.861. The van der Waals surface area contributed by atoms with Gasteiger partial charge in [-0.1, -0.05) is 89.1 Å². The van der Waals surface area contributed by atoms with E-state index >= 15 is 0 Å². The zero-order chi connectivity index (χ0) is 106. The highest BCUT2D eigenvalue weighted by Crippen LogP contribution is 2.72. The fourth-order valence-electron chi connectivity index (χ4n) is 23.5. The lowest BCUT2D eigenvalue weighted by Crippen LogP contribution is -2.75. The highest BCUT2D eigenvalue weighted by atomic mass is 35.5. The van der Waals surface area contributed by atoms with Gasteiger partial charge in [-0.3, -0.25) is 47.9 Å². The lowest BCUT2D eigenvalue weighted by Gasteiger charge is -2.70. The summed E-state index contributed by atoms with van der Waals surface area (Å²) in [6.45, 7) is 8.05. The molecule has 25 rings (SSSR count). The van der Waals surface area contributed by atoms with Crippen molar-refractivity contribution in [3.8, 4) is 28.7 Å². The molecule has 148 heavy (non-hydrogen) atoms. The van der Waals surface area contributed by atoms with Crippen LogP contribution in [0.1, 0.15) is 223 Å². The molecule has 15 saturated carbocycles. The topological polar surface area (TPSA) is 315 Å². The standard InChI is InChI=1S/C23H27ClFN3O4.3C22H20ClF2NO3.C21H17ClF3NO3/c1-3-15-10-19(32-28-15)21(30)27-22-6-8-23(9-7-22,14(2)12-22)26-20(29)13-31-16-4-5-17(24)18(25)11-16;1-13-6-14(2-5-17(13)24)19(27)8-21-10-22(11-21,12-21)26-20(28)9-29-15-3-4-16(23)18(25)7-15;1-13-2-4-15(17(24)6-13)19(27)8-21-10-22(11-21,12-21)26-20(28)9-29-14-3-5-16(23)18(25)7-14;1-13-4-14(6-15(24)5-13)19(27)8-21-10-22(11-21,12-21)26-20(28)9-29-16-2-3-17(23)18(25)7-16;22-13-5-4-12(6-16(13)25)29-8-18(28)26-21-9-20(10-21,11-21)7-17(27)19-14(23)2-1-3-15(19)24/h4-5,10-11,14H,3,6-9,12-13H2,1-2H3,(H,26,29)(H,27,30);3*2-7H,8-12H2,1H3,(H,26,28);1-6H,7-11H2,(H,26,28). The van der Waals surface area contributed by atoms with E-state index in [4.69, 9.17) is 86.2 Å². The van der Waals surface area contributed by atoms with Crippen molar-refractivity contribution in [2.75, 3.05) is 33.0 Å². The molecule has 10 aromatic rings. The molecule has 15 aliphatic rings. The van der Waals surface area contributed by atoms with Crippen LogP contribution in [0.4, 0.5) is 43.9 Å². The number of amides is 6. The largest absolute Gasteiger partial charge is 0.484 e. The van der Waals surface area contributed by atoms with Gasteiger partial charge in [-0.05, 0) is 302 Å². The van der Waals surface area contributed by atoms with Gasteiger partial charge in [0.25, 0.3) is 35.4 Å². The Morgan fingerprint density at radius 1 is 0.351 bits per heavy atom. The summed E-state index contributed by atoms with van der Waals surface area (Å²) in [5, 5.41) is 21.9. The van der Waals surface area contributed by atoms with Crippen LogP contribution in [0.3, 0.4) is 0 Å². The number of fused-ring (bicyclic) bond motifs is 3. The average molecular weight is 2150 g/mol. The smallest absolute Gasteiger partial charge is 0.290 e. The maximum atomic E-state index is 14.0. The van der Waals surface area contributed by atoms with Gasteiger partial charge >= 0.3 is 0 Å². The van der Waals surface area contributed by atoms with Gasteiger partial charge in [-0.15, -0.1) is 0 Å². The van der Waals surface area contributed by atoms with E-state index in [0.29, 0.717) is 74.5 Å². The predicted molar refractivity (Wildman–Crippen MR) is 528 cm³/mol. The Balaban J connectivity index is 0.000000132. The molecule has 38 heteroatoms. The Bertz CT molecular complexity index is 6800. The highest BCUT2D eigenvalue weighted by molar-refractivity contribution is 6.32. The second-order valence-corrected chi connectivity index (χ2v) is 43.8. The third-order valence-corrected chi connectivity index (χ3v) is 31.3. The lowest BCUT2D eigenvalue weighted by molar-refractivity contribution is -0.165. The number of ketones is 4. The van der Waals surface area contributed by atoms with Crippen LogP contribution in [-0.4, -0.2) is 130 Å². The first kappa shape index (κ1) is 108. The fourth-order valence-corrected chi connectivity index (χ4v) is 24.1. The number of benzene rings is 9. The van der Waals surface area contributed by atoms with E-state index in [0.717, 1.165) is 130 Å². The normalized spacial score (nSPS) is 24.8. The van der Waals surface area contributed by atoms with Crippen LogP contribution in [0, 0.1) is 107 Å². The summed E-state index contributed by atoms with van der Waals surface area (Å²) in [5.74, 6) is -7.02. The van der Waals surface area contributed by atoms with Gasteiger partial charge in [-0.25, -0.2) is 43.9 Å². The molecule has 780 valence electrons. The Labute approximate surface area is 870 Å². The summed E-state index contributed by atoms with van der Waals surface area (Å²) >= 11 is 28.1. The molecule has 9 aromatic carbocycles. The Kier molecular flexibility index (Phi) is 31.6. The molecule has 0 radical (unpaired) electrons. The zero-order valence-electron chi connectivity index (χ0n) is 81.0. The van der Waals surface area contributed by atoms with E-state index in [1.54, 1.807) is 45.0 Å². The van der Waals surface area contributed by atoms with E-state index in [9.17, 15) is 91.8 Å². The molecule has 15 aliphatic carbocycles. The summed E-state index contributed by atoms with van der Waals surface area (Å²) in [7, 11) is 0. The predicted octanol–water partition coefficient (Wildman–Crippen LogP) is 22.3. The Hall–Kier alpha value is -12.6. The van der Waals surface area contributed by atoms with Crippen LogP contribution in [0.15, 0.2) is 174 Å². The third kappa shape index (κ3) is 24.8. The number of halogens is 15. The molecule has 6 amide bonds. The van der Waals surface area contributed by atoms with Crippen molar-refractivity contribution < 1.29 is 120 Å². The Morgan fingerprint density at radius 3 is 1.06 bits per heavy atom. The van der Waals surface area contributed by atoms with Gasteiger partial charge in [0, 0.05) is 106 Å². The van der Waals surface area contributed by atoms with Gasteiger partial charge in [0.15, 0.2) is 56.2 Å². The van der Waals surface area contributed by atoms with E-state index in [1.165, 1.54) is 103 Å². The molecule has 15 fully saturated rings. The number of nitrogens with zero attached hydrogens (tertiary/aromatic N) is 1. The first-order chi connectivity index (χ1) is 70.0. The number of hydrogen-bond donors (Lipinski definition) is 6. The first-order valence-corrected chi connectivity index (χ1v) is 50.0.